The third-order valence-electron chi connectivity index (χ3n) is 8.52. The summed E-state index contributed by atoms with van der Waals surface area (Å²) in [5.74, 6) is 1.29. The number of imidazole rings is 1. The van der Waals surface area contributed by atoms with Crippen LogP contribution in [0.4, 0.5) is 4.39 Å². The summed E-state index contributed by atoms with van der Waals surface area (Å²) in [6.45, 7) is 3.86. The molecule has 0 atom stereocenters. The molecule has 5 heterocycles. The number of piperidine rings is 1. The van der Waals surface area contributed by atoms with E-state index in [4.69, 9.17) is 24.7 Å². The number of halogens is 1. The normalized spacial score (nSPS) is 16.9. The van der Waals surface area contributed by atoms with Crippen LogP contribution in [0.2, 0.25) is 0 Å². The number of thiazole rings is 1. The number of pyridine rings is 1. The van der Waals surface area contributed by atoms with Crippen molar-refractivity contribution in [2.24, 2.45) is 0 Å². The van der Waals surface area contributed by atoms with Crippen LogP contribution < -0.4 is 4.74 Å². The minimum absolute atomic E-state index is 0.0452. The van der Waals surface area contributed by atoms with Crippen molar-refractivity contribution in [2.45, 2.75) is 44.1 Å². The van der Waals surface area contributed by atoms with Crippen molar-refractivity contribution >= 4 is 22.4 Å². The minimum atomic E-state index is -0.938. The van der Waals surface area contributed by atoms with Gasteiger partial charge < -0.3 is 19.1 Å². The molecule has 2 fully saturated rings. The Morgan fingerprint density at radius 3 is 2.68 bits per heavy atom. The molecule has 0 aliphatic carbocycles. The zero-order chi connectivity index (χ0) is 30.1. The molecule has 44 heavy (non-hydrogen) atoms. The highest BCUT2D eigenvalue weighted by atomic mass is 32.1. The lowest BCUT2D eigenvalue weighted by atomic mass is 9.92. The van der Waals surface area contributed by atoms with Gasteiger partial charge in [-0.1, -0.05) is 18.2 Å². The van der Waals surface area contributed by atoms with Crippen molar-refractivity contribution in [1.29, 1.82) is 5.26 Å². The van der Waals surface area contributed by atoms with Crippen LogP contribution in [0.3, 0.4) is 0 Å². The topological polar surface area (TPSA) is 109 Å². The fraction of sp³-hybridized carbons (Fsp3) is 0.333. The van der Waals surface area contributed by atoms with Crippen molar-refractivity contribution in [1.82, 2.24) is 24.4 Å². The second-order valence-electron chi connectivity index (χ2n) is 11.5. The number of hydrogen-bond donors (Lipinski definition) is 1. The quantitative estimate of drug-likeness (QED) is 0.245. The van der Waals surface area contributed by atoms with Crippen LogP contribution in [0.25, 0.3) is 11.0 Å². The zero-order valence-corrected chi connectivity index (χ0v) is 24.8. The lowest BCUT2D eigenvalue weighted by molar-refractivity contribution is -0.184. The molecule has 9 nitrogen and oxygen atoms in total. The first-order valence-electron chi connectivity index (χ1n) is 14.7. The molecular formula is C33H31FN6O3S. The summed E-state index contributed by atoms with van der Waals surface area (Å²) in [5.41, 5.74) is 5.32. The van der Waals surface area contributed by atoms with Gasteiger partial charge in [-0.25, -0.2) is 14.4 Å². The van der Waals surface area contributed by atoms with Gasteiger partial charge in [-0.15, -0.1) is 11.3 Å². The third-order valence-corrected chi connectivity index (χ3v) is 9.28. The number of ether oxygens (including phenoxy) is 2. The number of likely N-dealkylation sites (tertiary alicyclic amines) is 1. The number of nitrogens with zero attached hydrogens (tertiary/aromatic N) is 6. The second kappa shape index (κ2) is 12.1. The van der Waals surface area contributed by atoms with Gasteiger partial charge in [0, 0.05) is 34.3 Å². The molecule has 0 unspecified atom stereocenters. The molecule has 2 aliphatic rings. The molecule has 2 saturated heterocycles. The van der Waals surface area contributed by atoms with E-state index in [9.17, 15) is 9.50 Å². The van der Waals surface area contributed by atoms with Crippen LogP contribution in [0.1, 0.15) is 51.8 Å². The fourth-order valence-electron chi connectivity index (χ4n) is 5.91. The highest BCUT2D eigenvalue weighted by Crippen LogP contribution is 2.33. The van der Waals surface area contributed by atoms with Gasteiger partial charge in [-0.2, -0.15) is 5.26 Å². The van der Waals surface area contributed by atoms with Gasteiger partial charge in [-0.3, -0.25) is 9.88 Å². The molecule has 0 saturated carbocycles. The van der Waals surface area contributed by atoms with Crippen LogP contribution in [-0.4, -0.2) is 55.8 Å². The van der Waals surface area contributed by atoms with Crippen LogP contribution in [0, 0.1) is 17.1 Å². The van der Waals surface area contributed by atoms with Crippen molar-refractivity contribution in [3.05, 3.63) is 105 Å². The Morgan fingerprint density at radius 1 is 1.09 bits per heavy atom. The molecule has 0 radical (unpaired) electrons. The number of rotatable bonds is 9. The van der Waals surface area contributed by atoms with Gasteiger partial charge in [0.05, 0.1) is 54.5 Å². The molecule has 0 amide bonds. The van der Waals surface area contributed by atoms with Crippen LogP contribution >= 0.6 is 11.3 Å². The second-order valence-corrected chi connectivity index (χ2v) is 12.4. The van der Waals surface area contributed by atoms with Gasteiger partial charge >= 0.3 is 0 Å². The first-order chi connectivity index (χ1) is 21.5. The van der Waals surface area contributed by atoms with Crippen molar-refractivity contribution in [2.75, 3.05) is 26.3 Å². The number of nitriles is 1. The molecule has 11 heteroatoms. The maximum atomic E-state index is 14.3. The number of hydrogen-bond acceptors (Lipinski definition) is 9. The van der Waals surface area contributed by atoms with Gasteiger partial charge in [0.1, 0.15) is 23.8 Å². The SMILES string of the molecule is N#Cc1ccc(COc2cccc(C3CCN(Cc4nc5ccc(C6(O)COC6)cc5n4Cc4cncs4)CC3)n2)c(F)c1. The summed E-state index contributed by atoms with van der Waals surface area (Å²) in [6, 6.07) is 18.1. The monoisotopic (exact) mass is 610 g/mol. The summed E-state index contributed by atoms with van der Waals surface area (Å²) in [5, 5.41) is 19.9. The molecule has 0 spiro atoms. The maximum absolute atomic E-state index is 14.3. The zero-order valence-electron chi connectivity index (χ0n) is 24.0. The van der Waals surface area contributed by atoms with E-state index < -0.39 is 11.4 Å². The average Bonchev–Trinajstić information content (AvgIpc) is 3.67. The van der Waals surface area contributed by atoms with E-state index in [1.54, 1.807) is 29.5 Å². The number of aromatic nitrogens is 4. The lowest BCUT2D eigenvalue weighted by Gasteiger charge is -2.36. The summed E-state index contributed by atoms with van der Waals surface area (Å²) in [4.78, 5) is 17.6. The number of fused-ring (bicyclic) bond motifs is 1. The Bertz CT molecular complexity index is 1820. The molecule has 7 rings (SSSR count). The number of benzene rings is 2. The predicted octanol–water partition coefficient (Wildman–Crippen LogP) is 5.12. The van der Waals surface area contributed by atoms with E-state index in [1.165, 1.54) is 6.07 Å². The van der Waals surface area contributed by atoms with Crippen molar-refractivity contribution in [3.8, 4) is 11.9 Å². The summed E-state index contributed by atoms with van der Waals surface area (Å²) >= 11 is 1.62. The maximum Gasteiger partial charge on any atom is 0.213 e. The van der Waals surface area contributed by atoms with Crippen molar-refractivity contribution in [3.63, 3.8) is 0 Å². The van der Waals surface area contributed by atoms with Gasteiger partial charge in [0.25, 0.3) is 0 Å². The van der Waals surface area contributed by atoms with E-state index in [-0.39, 0.29) is 12.2 Å². The molecule has 2 aliphatic heterocycles. The Kier molecular flexibility index (Phi) is 7.82. The average molecular weight is 611 g/mol. The van der Waals surface area contributed by atoms with Gasteiger partial charge in [0.15, 0.2) is 0 Å². The van der Waals surface area contributed by atoms with E-state index in [2.05, 4.69) is 20.5 Å². The molecule has 2 aromatic carbocycles. The number of aliphatic hydroxyl groups is 1. The molecule has 5 aromatic rings. The largest absolute Gasteiger partial charge is 0.473 e. The standard InChI is InChI=1S/C33H31FN6O3S/c34-27-12-22(14-35)4-5-24(27)18-43-32-3-1-2-28(38-32)23-8-10-39(11-9-23)17-31-37-29-7-6-25(33(41)19-42-20-33)13-30(29)40(31)16-26-15-36-21-44-26/h1-7,12-13,15,21,23,41H,8-11,16-20H2. The summed E-state index contributed by atoms with van der Waals surface area (Å²) in [6.07, 6.45) is 3.80. The molecule has 3 aromatic heterocycles. The van der Waals surface area contributed by atoms with E-state index in [0.717, 1.165) is 65.5 Å². The van der Waals surface area contributed by atoms with E-state index >= 15 is 0 Å². The summed E-state index contributed by atoms with van der Waals surface area (Å²) < 4.78 is 27.7. The predicted molar refractivity (Wildman–Crippen MR) is 163 cm³/mol. The smallest absolute Gasteiger partial charge is 0.213 e. The van der Waals surface area contributed by atoms with E-state index in [0.29, 0.717) is 37.1 Å². The molecule has 0 bridgehead atoms. The Balaban J connectivity index is 1.03. The molecular weight excluding hydrogens is 579 g/mol. The first kappa shape index (κ1) is 28.6. The Labute approximate surface area is 258 Å². The van der Waals surface area contributed by atoms with Gasteiger partial charge in [0.2, 0.25) is 5.88 Å². The molecule has 1 N–H and O–H groups in total. The molecule has 224 valence electrons. The Morgan fingerprint density at radius 2 is 1.95 bits per heavy atom. The Hall–Kier alpha value is -4.21. The summed E-state index contributed by atoms with van der Waals surface area (Å²) in [7, 11) is 0. The van der Waals surface area contributed by atoms with Crippen LogP contribution in [0.15, 0.2) is 66.3 Å². The third kappa shape index (κ3) is 5.81. The van der Waals surface area contributed by atoms with Gasteiger partial charge in [-0.05, 0) is 61.8 Å². The highest BCUT2D eigenvalue weighted by molar-refractivity contribution is 7.09. The lowest BCUT2D eigenvalue weighted by Crippen LogP contribution is -2.46. The highest BCUT2D eigenvalue weighted by Gasteiger charge is 2.38. The van der Waals surface area contributed by atoms with Crippen LogP contribution in [-0.2, 0) is 30.0 Å². The fourth-order valence-corrected chi connectivity index (χ4v) is 6.49. The first-order valence-corrected chi connectivity index (χ1v) is 15.5. The van der Waals surface area contributed by atoms with E-state index in [1.807, 2.05) is 42.0 Å². The minimum Gasteiger partial charge on any atom is -0.473 e. The van der Waals surface area contributed by atoms with Crippen LogP contribution in [0.5, 0.6) is 5.88 Å². The van der Waals surface area contributed by atoms with Crippen molar-refractivity contribution < 1.29 is 19.0 Å².